The van der Waals surface area contributed by atoms with Crippen LogP contribution >= 0.6 is 0 Å². The van der Waals surface area contributed by atoms with Gasteiger partial charge in [0.05, 0.1) is 23.9 Å². The largest absolute Gasteiger partial charge is 0.493 e. The van der Waals surface area contributed by atoms with Crippen molar-refractivity contribution >= 4 is 38.2 Å². The van der Waals surface area contributed by atoms with E-state index in [0.717, 1.165) is 23.0 Å². The molecule has 0 bridgehead atoms. The average molecular weight is 494 g/mol. The SMILES string of the molecule is CS(=O)(=O)O.O=C(/C=C1\CCCOc2cc(C(F)(F)F)ccc21)Nc1ccc2cccnc2c1. The van der Waals surface area contributed by atoms with Gasteiger partial charge >= 0.3 is 6.18 Å². The average Bonchev–Trinajstić information content (AvgIpc) is 2.93. The van der Waals surface area contributed by atoms with Gasteiger partial charge in [0.2, 0.25) is 5.91 Å². The molecule has 2 N–H and O–H groups in total. The molecule has 0 unspecified atom stereocenters. The summed E-state index contributed by atoms with van der Waals surface area (Å²) in [4.78, 5) is 16.8. The quantitative estimate of drug-likeness (QED) is 0.386. The third-order valence-electron chi connectivity index (χ3n) is 4.68. The van der Waals surface area contributed by atoms with Gasteiger partial charge in [0.25, 0.3) is 10.1 Å². The molecule has 0 spiro atoms. The van der Waals surface area contributed by atoms with Gasteiger partial charge in [-0.1, -0.05) is 18.2 Å². The molecule has 180 valence electrons. The van der Waals surface area contributed by atoms with Gasteiger partial charge in [-0.05, 0) is 48.7 Å². The van der Waals surface area contributed by atoms with E-state index in [4.69, 9.17) is 9.29 Å². The Hall–Kier alpha value is -3.44. The summed E-state index contributed by atoms with van der Waals surface area (Å²) in [6.07, 6.45) is 0.500. The number of nitrogens with one attached hydrogen (secondary N) is 1. The Morgan fingerprint density at radius 1 is 1.18 bits per heavy atom. The lowest BCUT2D eigenvalue weighted by molar-refractivity contribution is -0.137. The van der Waals surface area contributed by atoms with Crippen molar-refractivity contribution in [3.8, 4) is 5.75 Å². The van der Waals surface area contributed by atoms with E-state index >= 15 is 0 Å². The van der Waals surface area contributed by atoms with Gasteiger partial charge in [0, 0.05) is 28.9 Å². The fourth-order valence-electron chi connectivity index (χ4n) is 3.29. The Morgan fingerprint density at radius 3 is 2.62 bits per heavy atom. The number of aromatic nitrogens is 1. The predicted octanol–water partition coefficient (Wildman–Crippen LogP) is 4.95. The smallest absolute Gasteiger partial charge is 0.416 e. The van der Waals surface area contributed by atoms with E-state index in [1.165, 1.54) is 12.1 Å². The summed E-state index contributed by atoms with van der Waals surface area (Å²) in [5, 5.41) is 3.75. The second-order valence-electron chi connectivity index (χ2n) is 7.46. The standard InChI is InChI=1S/C22H17F3N2O2.CH4O3S/c23-22(24,25)16-6-8-18-15(4-2-10-29-20(18)12-16)11-21(28)27-17-7-5-14-3-1-9-26-19(14)13-17;1-5(2,3)4/h1,3,5-9,11-13H,2,4,10H2,(H,27,28);1H3,(H,2,3,4)/b15-11+;. The first-order valence-electron chi connectivity index (χ1n) is 10.0. The van der Waals surface area contributed by atoms with Crippen molar-refractivity contribution in [3.05, 3.63) is 71.9 Å². The summed E-state index contributed by atoms with van der Waals surface area (Å²) in [6.45, 7) is 0.295. The second-order valence-corrected chi connectivity index (χ2v) is 8.93. The van der Waals surface area contributed by atoms with Crippen LogP contribution in [0, 0.1) is 0 Å². The third-order valence-corrected chi connectivity index (χ3v) is 4.68. The van der Waals surface area contributed by atoms with E-state index in [-0.39, 0.29) is 11.7 Å². The maximum Gasteiger partial charge on any atom is 0.416 e. The summed E-state index contributed by atoms with van der Waals surface area (Å²) in [5.41, 5.74) is 1.72. The zero-order chi connectivity index (χ0) is 24.9. The van der Waals surface area contributed by atoms with Gasteiger partial charge in [0.1, 0.15) is 5.75 Å². The summed E-state index contributed by atoms with van der Waals surface area (Å²) in [7, 11) is -3.67. The molecule has 1 amide bonds. The number of rotatable bonds is 2. The predicted molar refractivity (Wildman–Crippen MR) is 122 cm³/mol. The van der Waals surface area contributed by atoms with Gasteiger partial charge in [-0.3, -0.25) is 14.3 Å². The Balaban J connectivity index is 0.000000588. The Labute approximate surface area is 194 Å². The molecular weight excluding hydrogens is 473 g/mol. The lowest BCUT2D eigenvalue weighted by Crippen LogP contribution is -2.09. The highest BCUT2D eigenvalue weighted by Crippen LogP contribution is 2.38. The van der Waals surface area contributed by atoms with E-state index in [2.05, 4.69) is 10.3 Å². The van der Waals surface area contributed by atoms with Crippen LogP contribution in [0.25, 0.3) is 16.5 Å². The highest BCUT2D eigenvalue weighted by atomic mass is 32.2. The number of carbonyl (C=O) groups excluding carboxylic acids is 1. The number of halogens is 3. The molecular formula is C23H21F3N2O5S. The number of benzene rings is 2. The molecule has 0 saturated carbocycles. The maximum atomic E-state index is 13.0. The second kappa shape index (κ2) is 10.2. The van der Waals surface area contributed by atoms with Crippen LogP contribution in [-0.2, 0) is 21.1 Å². The van der Waals surface area contributed by atoms with Crippen LogP contribution < -0.4 is 10.1 Å². The van der Waals surface area contributed by atoms with E-state index in [1.54, 1.807) is 18.3 Å². The molecule has 11 heteroatoms. The zero-order valence-corrected chi connectivity index (χ0v) is 18.8. The number of allylic oxidation sites excluding steroid dienone is 1. The molecule has 0 saturated heterocycles. The first-order valence-corrected chi connectivity index (χ1v) is 11.9. The van der Waals surface area contributed by atoms with Crippen molar-refractivity contribution in [2.75, 3.05) is 18.2 Å². The third kappa shape index (κ3) is 7.29. The topological polar surface area (TPSA) is 106 Å². The number of hydrogen-bond donors (Lipinski definition) is 2. The fourth-order valence-corrected chi connectivity index (χ4v) is 3.29. The van der Waals surface area contributed by atoms with Gasteiger partial charge in [0.15, 0.2) is 0 Å². The summed E-state index contributed by atoms with van der Waals surface area (Å²) >= 11 is 0. The molecule has 34 heavy (non-hydrogen) atoms. The fraction of sp³-hybridized carbons (Fsp3) is 0.217. The molecule has 0 fully saturated rings. The number of pyridine rings is 1. The van der Waals surface area contributed by atoms with Crippen LogP contribution in [0.5, 0.6) is 5.75 Å². The van der Waals surface area contributed by atoms with E-state index in [0.29, 0.717) is 42.5 Å². The van der Waals surface area contributed by atoms with Gasteiger partial charge in [-0.15, -0.1) is 0 Å². The first kappa shape index (κ1) is 25.2. The molecule has 0 atom stereocenters. The summed E-state index contributed by atoms with van der Waals surface area (Å²) in [6, 6.07) is 12.5. The molecule has 1 aliphatic rings. The van der Waals surface area contributed by atoms with Crippen LogP contribution in [0.4, 0.5) is 18.9 Å². The molecule has 4 rings (SSSR count). The Kier molecular flexibility index (Phi) is 7.57. The number of hydrogen-bond acceptors (Lipinski definition) is 5. The van der Waals surface area contributed by atoms with Crippen molar-refractivity contribution in [1.82, 2.24) is 4.98 Å². The normalized spacial score (nSPS) is 14.9. The maximum absolute atomic E-state index is 13.0. The van der Waals surface area contributed by atoms with Crippen molar-refractivity contribution in [1.29, 1.82) is 0 Å². The highest BCUT2D eigenvalue weighted by molar-refractivity contribution is 7.85. The number of carbonyl (C=O) groups is 1. The number of alkyl halides is 3. The zero-order valence-electron chi connectivity index (χ0n) is 18.0. The van der Waals surface area contributed by atoms with E-state index in [1.807, 2.05) is 18.2 Å². The number of nitrogens with zero attached hydrogens (tertiary/aromatic N) is 1. The summed E-state index contributed by atoms with van der Waals surface area (Å²) in [5.74, 6) is -0.214. The van der Waals surface area contributed by atoms with E-state index in [9.17, 15) is 26.4 Å². The van der Waals surface area contributed by atoms with Crippen LogP contribution in [0.1, 0.15) is 24.0 Å². The van der Waals surface area contributed by atoms with Crippen molar-refractivity contribution in [3.63, 3.8) is 0 Å². The van der Waals surface area contributed by atoms with E-state index < -0.39 is 21.9 Å². The highest BCUT2D eigenvalue weighted by Gasteiger charge is 2.32. The molecule has 1 aliphatic heterocycles. The first-order chi connectivity index (χ1) is 15.9. The van der Waals surface area contributed by atoms with Crippen LogP contribution in [0.2, 0.25) is 0 Å². The molecule has 7 nitrogen and oxygen atoms in total. The number of amides is 1. The Bertz CT molecular complexity index is 1330. The van der Waals surface area contributed by atoms with Crippen molar-refractivity contribution < 1.29 is 35.7 Å². The minimum Gasteiger partial charge on any atom is -0.493 e. The Morgan fingerprint density at radius 2 is 1.91 bits per heavy atom. The number of anilines is 1. The molecule has 2 heterocycles. The van der Waals surface area contributed by atoms with Crippen LogP contribution in [0.3, 0.4) is 0 Å². The number of fused-ring (bicyclic) bond motifs is 2. The minimum atomic E-state index is -4.45. The molecule has 3 aromatic rings. The van der Waals surface area contributed by atoms with Crippen LogP contribution in [0.15, 0.2) is 60.8 Å². The molecule has 0 radical (unpaired) electrons. The van der Waals surface area contributed by atoms with Gasteiger partial charge < -0.3 is 10.1 Å². The molecule has 2 aromatic carbocycles. The minimum absolute atomic E-state index is 0.145. The van der Waals surface area contributed by atoms with Crippen molar-refractivity contribution in [2.45, 2.75) is 19.0 Å². The van der Waals surface area contributed by atoms with Gasteiger partial charge in [-0.25, -0.2) is 0 Å². The lowest BCUT2D eigenvalue weighted by atomic mass is 9.99. The molecule has 0 aliphatic carbocycles. The number of ether oxygens (including phenoxy) is 1. The summed E-state index contributed by atoms with van der Waals surface area (Å²) < 4.78 is 70.3. The monoisotopic (exact) mass is 494 g/mol. The van der Waals surface area contributed by atoms with Gasteiger partial charge in [-0.2, -0.15) is 21.6 Å². The molecule has 1 aromatic heterocycles. The van der Waals surface area contributed by atoms with Crippen molar-refractivity contribution in [2.24, 2.45) is 0 Å². The van der Waals surface area contributed by atoms with Crippen LogP contribution in [-0.4, -0.2) is 36.7 Å². The lowest BCUT2D eigenvalue weighted by Gasteiger charge is -2.13.